The first-order valence-electron chi connectivity index (χ1n) is 7.40. The van der Waals surface area contributed by atoms with Crippen molar-refractivity contribution < 1.29 is 0 Å². The summed E-state index contributed by atoms with van der Waals surface area (Å²) in [5, 5.41) is 1.37. The molecule has 1 aliphatic heterocycles. The lowest BCUT2D eigenvalue weighted by Crippen LogP contribution is -2.27. The number of benzene rings is 1. The van der Waals surface area contributed by atoms with Crippen LogP contribution >= 0.6 is 0 Å². The van der Waals surface area contributed by atoms with Gasteiger partial charge in [0, 0.05) is 30.1 Å². The van der Waals surface area contributed by atoms with Gasteiger partial charge >= 0.3 is 0 Å². The van der Waals surface area contributed by atoms with Crippen LogP contribution in [0.15, 0.2) is 36.5 Å². The van der Waals surface area contributed by atoms with E-state index in [0.29, 0.717) is 5.41 Å². The molecule has 2 fully saturated rings. The molecule has 1 aromatic heterocycles. The van der Waals surface area contributed by atoms with Crippen molar-refractivity contribution in [3.05, 3.63) is 42.1 Å². The van der Waals surface area contributed by atoms with Crippen LogP contribution in [0.4, 0.5) is 0 Å². The van der Waals surface area contributed by atoms with Gasteiger partial charge in [0.15, 0.2) is 0 Å². The first kappa shape index (κ1) is 11.4. The largest absolute Gasteiger partial charge is 0.302 e. The summed E-state index contributed by atoms with van der Waals surface area (Å²) < 4.78 is 0. The smallest absolute Gasteiger partial charge is 0.0704 e. The molecule has 0 amide bonds. The molecule has 2 nitrogen and oxygen atoms in total. The molecule has 2 unspecified atom stereocenters. The fraction of sp³-hybridized carbons (Fsp3) is 0.471. The van der Waals surface area contributed by atoms with Gasteiger partial charge < -0.3 is 4.90 Å². The number of hydrogen-bond acceptors (Lipinski definition) is 2. The monoisotopic (exact) mass is 252 g/mol. The Bertz CT molecular complexity index is 616. The van der Waals surface area contributed by atoms with E-state index in [1.54, 1.807) is 5.56 Å². The van der Waals surface area contributed by atoms with Crippen LogP contribution in [-0.2, 0) is 5.41 Å². The highest BCUT2D eigenvalue weighted by Gasteiger charge is 2.60. The Morgan fingerprint density at radius 1 is 1.32 bits per heavy atom. The van der Waals surface area contributed by atoms with E-state index in [1.165, 1.54) is 37.9 Å². The molecule has 0 bridgehead atoms. The van der Waals surface area contributed by atoms with E-state index >= 15 is 0 Å². The lowest BCUT2D eigenvalue weighted by Gasteiger charge is -2.21. The molecule has 0 spiro atoms. The predicted octanol–water partition coefficient (Wildman–Crippen LogP) is 3.22. The number of fused-ring (bicyclic) bond motifs is 2. The van der Waals surface area contributed by atoms with Crippen LogP contribution in [0, 0.1) is 5.92 Å². The minimum Gasteiger partial charge on any atom is -0.302 e. The van der Waals surface area contributed by atoms with Crippen molar-refractivity contribution in [2.24, 2.45) is 5.92 Å². The molecule has 2 atom stereocenters. The summed E-state index contributed by atoms with van der Waals surface area (Å²) in [6.45, 7) is 6.07. The third-order valence-corrected chi connectivity index (χ3v) is 4.94. The van der Waals surface area contributed by atoms with Crippen LogP contribution in [0.2, 0.25) is 0 Å². The molecule has 2 aromatic rings. The number of piperidine rings is 1. The minimum absolute atomic E-state index is 0.442. The van der Waals surface area contributed by atoms with Crippen molar-refractivity contribution in [2.75, 3.05) is 19.6 Å². The number of pyridine rings is 1. The average Bonchev–Trinajstić information content (AvgIpc) is 3.01. The second kappa shape index (κ2) is 4.04. The third kappa shape index (κ3) is 1.63. The van der Waals surface area contributed by atoms with E-state index < -0.39 is 0 Å². The summed E-state index contributed by atoms with van der Waals surface area (Å²) in [4.78, 5) is 7.15. The van der Waals surface area contributed by atoms with Crippen molar-refractivity contribution in [3.63, 3.8) is 0 Å². The van der Waals surface area contributed by atoms with Gasteiger partial charge in [0.05, 0.1) is 5.52 Å². The van der Waals surface area contributed by atoms with Crippen LogP contribution in [0.5, 0.6) is 0 Å². The van der Waals surface area contributed by atoms with E-state index in [9.17, 15) is 0 Å². The van der Waals surface area contributed by atoms with Gasteiger partial charge in [0.2, 0.25) is 0 Å². The number of nitrogens with zero attached hydrogens (tertiary/aromatic N) is 2. The maximum atomic E-state index is 4.50. The van der Waals surface area contributed by atoms with Gasteiger partial charge in [-0.15, -0.1) is 0 Å². The van der Waals surface area contributed by atoms with E-state index in [0.717, 1.165) is 11.4 Å². The summed E-state index contributed by atoms with van der Waals surface area (Å²) in [5.41, 5.74) is 3.13. The number of aromatic nitrogens is 1. The second-order valence-corrected chi connectivity index (χ2v) is 6.17. The number of hydrogen-bond donors (Lipinski definition) is 0. The maximum Gasteiger partial charge on any atom is 0.0704 e. The summed E-state index contributed by atoms with van der Waals surface area (Å²) in [6.07, 6.45) is 4.54. The standard InChI is InChI=1S/C17H20N2/c1-2-9-19-11-13-10-17(13,12-19)15-6-3-7-16-14(15)5-4-8-18-16/h3-8,13H,2,9-12H2,1H3. The summed E-state index contributed by atoms with van der Waals surface area (Å²) in [6, 6.07) is 10.9. The quantitative estimate of drug-likeness (QED) is 0.834. The van der Waals surface area contributed by atoms with Gasteiger partial charge in [-0.1, -0.05) is 25.1 Å². The zero-order valence-electron chi connectivity index (χ0n) is 11.5. The highest BCUT2D eigenvalue weighted by atomic mass is 15.2. The first-order chi connectivity index (χ1) is 9.33. The highest BCUT2D eigenvalue weighted by molar-refractivity contribution is 5.84. The highest BCUT2D eigenvalue weighted by Crippen LogP contribution is 2.60. The minimum atomic E-state index is 0.442. The van der Waals surface area contributed by atoms with Gasteiger partial charge in [-0.05, 0) is 43.0 Å². The topological polar surface area (TPSA) is 16.1 Å². The van der Waals surface area contributed by atoms with Gasteiger partial charge in [0.25, 0.3) is 0 Å². The molecule has 4 rings (SSSR count). The van der Waals surface area contributed by atoms with Crippen molar-refractivity contribution in [3.8, 4) is 0 Å². The first-order valence-corrected chi connectivity index (χ1v) is 7.40. The Hall–Kier alpha value is -1.41. The Morgan fingerprint density at radius 2 is 2.26 bits per heavy atom. The molecule has 1 aromatic carbocycles. The molecule has 2 aliphatic rings. The molecule has 1 aliphatic carbocycles. The van der Waals surface area contributed by atoms with Gasteiger partial charge in [-0.2, -0.15) is 0 Å². The van der Waals surface area contributed by atoms with Crippen molar-refractivity contribution in [1.29, 1.82) is 0 Å². The van der Waals surface area contributed by atoms with E-state index in [-0.39, 0.29) is 0 Å². The molecule has 19 heavy (non-hydrogen) atoms. The van der Waals surface area contributed by atoms with Crippen molar-refractivity contribution in [2.45, 2.75) is 25.2 Å². The van der Waals surface area contributed by atoms with Crippen LogP contribution in [0.1, 0.15) is 25.3 Å². The van der Waals surface area contributed by atoms with Gasteiger partial charge in [0.1, 0.15) is 0 Å². The fourth-order valence-corrected chi connectivity index (χ4v) is 4.03. The van der Waals surface area contributed by atoms with Gasteiger partial charge in [-0.25, -0.2) is 0 Å². The zero-order valence-corrected chi connectivity index (χ0v) is 11.5. The summed E-state index contributed by atoms with van der Waals surface area (Å²) in [7, 11) is 0. The van der Waals surface area contributed by atoms with Crippen LogP contribution in [-0.4, -0.2) is 29.5 Å². The summed E-state index contributed by atoms with van der Waals surface area (Å²) >= 11 is 0. The molecule has 2 heteroatoms. The molecule has 0 radical (unpaired) electrons. The maximum absolute atomic E-state index is 4.50. The van der Waals surface area contributed by atoms with Crippen LogP contribution in [0.25, 0.3) is 10.9 Å². The molecule has 2 heterocycles. The Morgan fingerprint density at radius 3 is 3.16 bits per heavy atom. The average molecular weight is 252 g/mol. The van der Waals surface area contributed by atoms with Crippen molar-refractivity contribution in [1.82, 2.24) is 9.88 Å². The molecule has 1 saturated carbocycles. The molecule has 1 saturated heterocycles. The number of rotatable bonds is 3. The molecule has 0 N–H and O–H groups in total. The lowest BCUT2D eigenvalue weighted by atomic mass is 9.91. The zero-order chi connectivity index (χ0) is 12.9. The molecule has 98 valence electrons. The fourth-order valence-electron chi connectivity index (χ4n) is 4.03. The van der Waals surface area contributed by atoms with Gasteiger partial charge in [-0.3, -0.25) is 4.98 Å². The molecular weight excluding hydrogens is 232 g/mol. The summed E-state index contributed by atoms with van der Waals surface area (Å²) in [5.74, 6) is 0.879. The lowest BCUT2D eigenvalue weighted by molar-refractivity contribution is 0.299. The van der Waals surface area contributed by atoms with Crippen LogP contribution in [0.3, 0.4) is 0 Å². The number of likely N-dealkylation sites (tertiary alicyclic amines) is 1. The SMILES string of the molecule is CCCN1CC2CC2(c2cccc3ncccc23)C1. The van der Waals surface area contributed by atoms with Crippen LogP contribution < -0.4 is 0 Å². The Kier molecular flexibility index (Phi) is 2.43. The van der Waals surface area contributed by atoms with E-state index in [4.69, 9.17) is 0 Å². The Balaban J connectivity index is 1.76. The Labute approximate surface area is 114 Å². The normalized spacial score (nSPS) is 29.6. The van der Waals surface area contributed by atoms with Crippen molar-refractivity contribution >= 4 is 10.9 Å². The van der Waals surface area contributed by atoms with E-state index in [2.05, 4.69) is 47.1 Å². The van der Waals surface area contributed by atoms with E-state index in [1.807, 2.05) is 6.20 Å². The third-order valence-electron chi connectivity index (χ3n) is 4.94. The molecular formula is C17H20N2. The predicted molar refractivity (Wildman–Crippen MR) is 78.3 cm³/mol. The second-order valence-electron chi connectivity index (χ2n) is 6.17.